The van der Waals surface area contributed by atoms with Gasteiger partial charge in [-0.1, -0.05) is 12.1 Å². The van der Waals surface area contributed by atoms with E-state index in [4.69, 9.17) is 4.42 Å². The predicted molar refractivity (Wildman–Crippen MR) is 107 cm³/mol. The van der Waals surface area contributed by atoms with Crippen molar-refractivity contribution in [3.63, 3.8) is 0 Å². The summed E-state index contributed by atoms with van der Waals surface area (Å²) in [6, 6.07) is 10.8. The quantitative estimate of drug-likeness (QED) is 0.555. The van der Waals surface area contributed by atoms with E-state index in [1.54, 1.807) is 24.3 Å². The van der Waals surface area contributed by atoms with Crippen LogP contribution in [0.15, 0.2) is 50.6 Å². The van der Waals surface area contributed by atoms with Crippen LogP contribution >= 0.6 is 0 Å². The van der Waals surface area contributed by atoms with E-state index in [2.05, 4.69) is 16.0 Å². The smallest absolute Gasteiger partial charge is 0.345 e. The molecule has 2 aliphatic rings. The van der Waals surface area contributed by atoms with E-state index < -0.39 is 5.63 Å². The molecule has 1 N–H and O–H groups in total. The highest BCUT2D eigenvalue weighted by atomic mass is 16.4. The fourth-order valence-electron chi connectivity index (χ4n) is 4.26. The number of aliphatic imine (C=N–C) groups is 1. The van der Waals surface area contributed by atoms with Crippen LogP contribution in [0.3, 0.4) is 0 Å². The number of hydrogen-bond donors (Lipinski definition) is 1. The molecule has 27 heavy (non-hydrogen) atoms. The van der Waals surface area contributed by atoms with Crippen molar-refractivity contribution in [3.8, 4) is 5.75 Å². The number of phenols is 1. The molecule has 136 valence electrons. The summed E-state index contributed by atoms with van der Waals surface area (Å²) in [7, 11) is 0. The van der Waals surface area contributed by atoms with Crippen LogP contribution in [-0.4, -0.2) is 24.4 Å². The number of aromatic hydroxyl groups is 1. The lowest BCUT2D eigenvalue weighted by molar-refractivity contribution is 0.477. The molecule has 3 heterocycles. The van der Waals surface area contributed by atoms with Crippen LogP contribution < -0.4 is 10.5 Å². The largest absolute Gasteiger partial charge is 0.506 e. The normalized spacial score (nSPS) is 16.1. The molecule has 3 aromatic rings. The Bertz CT molecular complexity index is 1130. The molecule has 0 saturated heterocycles. The molecule has 2 aliphatic heterocycles. The van der Waals surface area contributed by atoms with E-state index in [0.717, 1.165) is 44.2 Å². The molecular formula is C22H20N2O3. The molecule has 0 aliphatic carbocycles. The Morgan fingerprint density at radius 1 is 1.11 bits per heavy atom. The molecule has 0 fully saturated rings. The number of benzene rings is 2. The fraction of sp³-hybridized carbons (Fsp3) is 0.273. The van der Waals surface area contributed by atoms with Gasteiger partial charge in [0.2, 0.25) is 0 Å². The van der Waals surface area contributed by atoms with Crippen molar-refractivity contribution in [2.75, 3.05) is 18.0 Å². The topological polar surface area (TPSA) is 66.0 Å². The second kappa shape index (κ2) is 6.27. The van der Waals surface area contributed by atoms with Crippen molar-refractivity contribution in [2.24, 2.45) is 4.99 Å². The average Bonchev–Trinajstić information content (AvgIpc) is 2.68. The summed E-state index contributed by atoms with van der Waals surface area (Å²) in [4.78, 5) is 19.2. The Balaban J connectivity index is 1.64. The Kier molecular flexibility index (Phi) is 3.74. The average molecular weight is 360 g/mol. The standard InChI is InChI=1S/C22H20N2O3/c25-19-8-2-1-7-18(19)23-13-16-12-15-11-14-5-3-9-24-10-4-6-17(20(14)24)21(15)27-22(16)26/h1-2,7-8,11-13,25H,3-6,9-10H2. The first-order valence-corrected chi connectivity index (χ1v) is 9.40. The molecule has 0 unspecified atom stereocenters. The number of hydrogen-bond acceptors (Lipinski definition) is 5. The van der Waals surface area contributed by atoms with Gasteiger partial charge in [-0.25, -0.2) is 4.79 Å². The Morgan fingerprint density at radius 2 is 1.93 bits per heavy atom. The highest BCUT2D eigenvalue weighted by Crippen LogP contribution is 2.39. The molecule has 0 bridgehead atoms. The summed E-state index contributed by atoms with van der Waals surface area (Å²) in [5, 5.41) is 10.8. The van der Waals surface area contributed by atoms with Gasteiger partial charge >= 0.3 is 5.63 Å². The Hall–Kier alpha value is -3.08. The minimum absolute atomic E-state index is 0.0810. The lowest BCUT2D eigenvalue weighted by atomic mass is 9.90. The second-order valence-electron chi connectivity index (χ2n) is 7.21. The highest BCUT2D eigenvalue weighted by molar-refractivity contribution is 5.92. The molecule has 1 aromatic heterocycles. The summed E-state index contributed by atoms with van der Waals surface area (Å²) >= 11 is 0. The van der Waals surface area contributed by atoms with Crippen LogP contribution in [0.1, 0.15) is 29.5 Å². The van der Waals surface area contributed by atoms with Crippen LogP contribution in [0.25, 0.3) is 11.0 Å². The van der Waals surface area contributed by atoms with Crippen molar-refractivity contribution >= 4 is 28.6 Å². The maximum atomic E-state index is 12.5. The number of rotatable bonds is 2. The van der Waals surface area contributed by atoms with E-state index in [1.807, 2.05) is 6.07 Å². The summed E-state index contributed by atoms with van der Waals surface area (Å²) in [6.07, 6.45) is 5.74. The lowest BCUT2D eigenvalue weighted by Crippen LogP contribution is -2.34. The second-order valence-corrected chi connectivity index (χ2v) is 7.21. The maximum absolute atomic E-state index is 12.5. The Labute approximate surface area is 156 Å². The van der Waals surface area contributed by atoms with Gasteiger partial charge in [0, 0.05) is 35.9 Å². The first-order valence-electron chi connectivity index (χ1n) is 9.40. The molecule has 0 amide bonds. The van der Waals surface area contributed by atoms with Gasteiger partial charge in [0.1, 0.15) is 17.0 Å². The van der Waals surface area contributed by atoms with Gasteiger partial charge in [0.25, 0.3) is 0 Å². The minimum Gasteiger partial charge on any atom is -0.506 e. The van der Waals surface area contributed by atoms with Crippen molar-refractivity contribution in [1.82, 2.24) is 0 Å². The fourth-order valence-corrected chi connectivity index (χ4v) is 4.26. The van der Waals surface area contributed by atoms with E-state index in [1.165, 1.54) is 23.0 Å². The number of anilines is 1. The van der Waals surface area contributed by atoms with Crippen LogP contribution in [0, 0.1) is 0 Å². The van der Waals surface area contributed by atoms with Gasteiger partial charge in [-0.2, -0.15) is 0 Å². The van der Waals surface area contributed by atoms with Crippen LogP contribution in [-0.2, 0) is 12.8 Å². The first kappa shape index (κ1) is 16.1. The van der Waals surface area contributed by atoms with Crippen LogP contribution in [0.5, 0.6) is 5.75 Å². The molecule has 0 atom stereocenters. The van der Waals surface area contributed by atoms with E-state index >= 15 is 0 Å². The van der Waals surface area contributed by atoms with Crippen LogP contribution in [0.2, 0.25) is 0 Å². The van der Waals surface area contributed by atoms with E-state index in [9.17, 15) is 9.90 Å². The highest BCUT2D eigenvalue weighted by Gasteiger charge is 2.26. The third-order valence-corrected chi connectivity index (χ3v) is 5.47. The number of aryl methyl sites for hydroxylation is 2. The maximum Gasteiger partial charge on any atom is 0.345 e. The summed E-state index contributed by atoms with van der Waals surface area (Å²) in [5.74, 6) is 0.0810. The molecule has 5 heteroatoms. The van der Waals surface area contributed by atoms with Gasteiger partial charge in [-0.15, -0.1) is 0 Å². The zero-order chi connectivity index (χ0) is 18.4. The van der Waals surface area contributed by atoms with Crippen LogP contribution in [0.4, 0.5) is 11.4 Å². The van der Waals surface area contributed by atoms with Crippen molar-refractivity contribution in [3.05, 3.63) is 63.5 Å². The third-order valence-electron chi connectivity index (χ3n) is 5.47. The summed E-state index contributed by atoms with van der Waals surface area (Å²) in [6.45, 7) is 2.17. The zero-order valence-corrected chi connectivity index (χ0v) is 14.9. The molecular weight excluding hydrogens is 340 g/mol. The molecule has 0 saturated carbocycles. The molecule has 0 radical (unpaired) electrons. The number of fused-ring (bicyclic) bond motifs is 2. The molecule has 5 nitrogen and oxygen atoms in total. The Morgan fingerprint density at radius 3 is 2.78 bits per heavy atom. The van der Waals surface area contributed by atoms with Crippen molar-refractivity contribution < 1.29 is 9.52 Å². The van der Waals surface area contributed by atoms with Gasteiger partial charge in [-0.05, 0) is 55.5 Å². The number of nitrogens with zero attached hydrogens (tertiary/aromatic N) is 2. The monoisotopic (exact) mass is 360 g/mol. The number of para-hydroxylation sites is 2. The minimum atomic E-state index is -0.397. The predicted octanol–water partition coefficient (Wildman–Crippen LogP) is 3.95. The van der Waals surface area contributed by atoms with Crippen molar-refractivity contribution in [2.45, 2.75) is 25.7 Å². The lowest BCUT2D eigenvalue weighted by Gasteiger charge is -2.37. The van der Waals surface area contributed by atoms with Gasteiger partial charge in [0.05, 0.1) is 5.56 Å². The van der Waals surface area contributed by atoms with E-state index in [-0.39, 0.29) is 5.75 Å². The zero-order valence-electron chi connectivity index (χ0n) is 14.9. The SMILES string of the molecule is O=c1oc2c3c4c(cc2cc1C=Nc1ccccc1O)CCCN4CCC3. The number of phenolic OH excluding ortho intramolecular Hbond substituents is 1. The summed E-state index contributed by atoms with van der Waals surface area (Å²) in [5.41, 5.74) is 4.94. The van der Waals surface area contributed by atoms with Gasteiger partial charge in [0.15, 0.2) is 0 Å². The molecule has 2 aromatic carbocycles. The summed E-state index contributed by atoms with van der Waals surface area (Å²) < 4.78 is 5.75. The van der Waals surface area contributed by atoms with Crippen molar-refractivity contribution in [1.29, 1.82) is 0 Å². The third kappa shape index (κ3) is 2.70. The first-order chi connectivity index (χ1) is 13.2. The van der Waals surface area contributed by atoms with Gasteiger partial charge in [-0.3, -0.25) is 4.99 Å². The molecule has 0 spiro atoms. The van der Waals surface area contributed by atoms with E-state index in [0.29, 0.717) is 16.8 Å². The van der Waals surface area contributed by atoms with Gasteiger partial charge < -0.3 is 14.4 Å². The molecule has 5 rings (SSSR count).